The van der Waals surface area contributed by atoms with Gasteiger partial charge in [0.2, 0.25) is 5.78 Å². The maximum absolute atomic E-state index is 13.8. The molecule has 4 rings (SSSR count). The Hall–Kier alpha value is -3.24. The van der Waals surface area contributed by atoms with E-state index in [1.54, 1.807) is 20.3 Å². The van der Waals surface area contributed by atoms with E-state index in [2.05, 4.69) is 18.8 Å². The summed E-state index contributed by atoms with van der Waals surface area (Å²) in [5.41, 5.74) is 2.75. The van der Waals surface area contributed by atoms with Crippen LogP contribution in [0, 0.1) is 17.8 Å². The molecule has 6 N–H and O–H groups in total. The molecule has 10 nitrogen and oxygen atoms in total. The Morgan fingerprint density at radius 3 is 2.50 bits per heavy atom. The predicted octanol–water partition coefficient (Wildman–Crippen LogP) is 1.34. The number of aromatic nitrogens is 1. The molecule has 4 atom stereocenters. The van der Waals surface area contributed by atoms with Gasteiger partial charge in [-0.1, -0.05) is 20.3 Å². The van der Waals surface area contributed by atoms with E-state index in [0.29, 0.717) is 23.6 Å². The highest BCUT2D eigenvalue weighted by Gasteiger charge is 2.64. The minimum absolute atomic E-state index is 0.0582. The lowest BCUT2D eigenvalue weighted by atomic mass is 9.57. The highest BCUT2D eigenvalue weighted by atomic mass is 16.3. The molecule has 1 amide bonds. The number of aliphatic hydroxyl groups is 3. The largest absolute Gasteiger partial charge is 0.508 e. The lowest BCUT2D eigenvalue weighted by molar-refractivity contribution is -0.153. The van der Waals surface area contributed by atoms with Gasteiger partial charge in [-0.15, -0.1) is 0 Å². The quantitative estimate of drug-likeness (QED) is 0.362. The highest BCUT2D eigenvalue weighted by molar-refractivity contribution is 6.24. The standard InChI is InChI=1S/C26H33N3O7/c1-11(2)6-5-7-15-20(30)16-13(10-28-15)8-12-9-14-19(29(3)4)22(32)18(25(27)35)24(34)26(14,36)23(33)17(12)21(16)31/h10-12,14,19,30-31,34,36H,5-9H2,1-4H3,(H2,27,35)/t12-,14-,19-,26-/m0/s1. The molecule has 1 fully saturated rings. The summed E-state index contributed by atoms with van der Waals surface area (Å²) < 4.78 is 0. The number of primary amides is 1. The van der Waals surface area contributed by atoms with Gasteiger partial charge in [0.15, 0.2) is 11.4 Å². The molecule has 3 aliphatic rings. The summed E-state index contributed by atoms with van der Waals surface area (Å²) in [6, 6.07) is -1.10. The number of aryl methyl sites for hydroxylation is 1. The molecule has 10 heteroatoms. The Bertz CT molecular complexity index is 1220. The zero-order valence-corrected chi connectivity index (χ0v) is 20.9. The van der Waals surface area contributed by atoms with E-state index in [4.69, 9.17) is 5.73 Å². The normalized spacial score (nSPS) is 27.9. The lowest BCUT2D eigenvalue weighted by Gasteiger charge is -2.50. The van der Waals surface area contributed by atoms with Crippen molar-refractivity contribution in [3.8, 4) is 5.75 Å². The second-order valence-electron chi connectivity index (χ2n) is 10.7. The number of rotatable bonds is 6. The average molecular weight is 500 g/mol. The number of nitrogens with zero attached hydrogens (tertiary/aromatic N) is 2. The van der Waals surface area contributed by atoms with E-state index in [-0.39, 0.29) is 29.7 Å². The Balaban J connectivity index is 1.85. The number of aromatic hydroxyl groups is 1. The maximum atomic E-state index is 13.8. The molecular weight excluding hydrogens is 466 g/mol. The molecule has 0 saturated heterocycles. The van der Waals surface area contributed by atoms with Gasteiger partial charge in [-0.25, -0.2) is 0 Å². The molecule has 0 spiro atoms. The predicted molar refractivity (Wildman–Crippen MR) is 130 cm³/mol. The number of carbonyl (C=O) groups is 3. The van der Waals surface area contributed by atoms with E-state index < -0.39 is 58.0 Å². The molecule has 3 aliphatic carbocycles. The third kappa shape index (κ3) is 3.70. The highest BCUT2D eigenvalue weighted by Crippen LogP contribution is 2.52. The molecule has 36 heavy (non-hydrogen) atoms. The SMILES string of the molecule is CC(C)CCCc1ncc2c(c1O)C(O)=C1C(=O)[C@]3(O)C(O)=C(C(N)=O)C(=O)[C@@H](N(C)C)[C@@H]3C[C@@H]1C2. The van der Waals surface area contributed by atoms with Crippen molar-refractivity contribution < 1.29 is 34.8 Å². The minimum atomic E-state index is -2.63. The van der Waals surface area contributed by atoms with Crippen LogP contribution in [0.15, 0.2) is 23.1 Å². The third-order valence-corrected chi connectivity index (χ3v) is 7.73. The van der Waals surface area contributed by atoms with Gasteiger partial charge >= 0.3 is 0 Å². The number of hydrogen-bond donors (Lipinski definition) is 5. The Kier molecular flexibility index (Phi) is 6.47. The Morgan fingerprint density at radius 1 is 1.25 bits per heavy atom. The summed E-state index contributed by atoms with van der Waals surface area (Å²) in [7, 11) is 3.13. The van der Waals surface area contributed by atoms with Gasteiger partial charge in [-0.05, 0) is 57.2 Å². The van der Waals surface area contributed by atoms with Crippen LogP contribution in [0.5, 0.6) is 5.75 Å². The zero-order chi connectivity index (χ0) is 26.7. The van der Waals surface area contributed by atoms with Crippen LogP contribution < -0.4 is 5.73 Å². The maximum Gasteiger partial charge on any atom is 0.255 e. The van der Waals surface area contributed by atoms with Crippen molar-refractivity contribution in [3.63, 3.8) is 0 Å². The second kappa shape index (κ2) is 9.01. The molecule has 1 heterocycles. The van der Waals surface area contributed by atoms with Crippen LogP contribution >= 0.6 is 0 Å². The first kappa shape index (κ1) is 25.8. The summed E-state index contributed by atoms with van der Waals surface area (Å²) in [4.78, 5) is 44.8. The number of carbonyl (C=O) groups excluding carboxylic acids is 3. The molecule has 1 aromatic heterocycles. The van der Waals surface area contributed by atoms with Crippen LogP contribution in [-0.4, -0.2) is 73.5 Å². The first-order valence-corrected chi connectivity index (χ1v) is 12.2. The van der Waals surface area contributed by atoms with Crippen LogP contribution in [0.4, 0.5) is 0 Å². The summed E-state index contributed by atoms with van der Waals surface area (Å²) in [5, 5.41) is 44.7. The number of ketones is 2. The van der Waals surface area contributed by atoms with Crippen LogP contribution in [0.25, 0.3) is 5.76 Å². The number of fused-ring (bicyclic) bond motifs is 3. The molecule has 194 valence electrons. The molecular formula is C26H33N3O7. The zero-order valence-electron chi connectivity index (χ0n) is 20.9. The Morgan fingerprint density at radius 2 is 1.92 bits per heavy atom. The first-order valence-electron chi connectivity index (χ1n) is 12.2. The Labute approximate surface area is 209 Å². The van der Waals surface area contributed by atoms with Crippen molar-refractivity contribution in [2.24, 2.45) is 23.5 Å². The van der Waals surface area contributed by atoms with Gasteiger partial charge in [0.1, 0.15) is 22.8 Å². The fraction of sp³-hybridized carbons (Fsp3) is 0.538. The van der Waals surface area contributed by atoms with Crippen molar-refractivity contribution in [2.45, 2.75) is 57.6 Å². The van der Waals surface area contributed by atoms with Gasteiger partial charge in [0.05, 0.1) is 17.3 Å². The smallest absolute Gasteiger partial charge is 0.255 e. The molecule has 0 bridgehead atoms. The van der Waals surface area contributed by atoms with Crippen LogP contribution in [0.2, 0.25) is 0 Å². The van der Waals surface area contributed by atoms with Gasteiger partial charge < -0.3 is 26.2 Å². The number of amides is 1. The first-order chi connectivity index (χ1) is 16.8. The van der Waals surface area contributed by atoms with Crippen molar-refractivity contribution in [1.29, 1.82) is 0 Å². The second-order valence-corrected chi connectivity index (χ2v) is 10.7. The van der Waals surface area contributed by atoms with Crippen molar-refractivity contribution in [1.82, 2.24) is 9.88 Å². The number of likely N-dealkylation sites (N-methyl/N-ethyl adjacent to an activating group) is 1. The summed E-state index contributed by atoms with van der Waals surface area (Å²) in [6.07, 6.45) is 4.08. The number of nitrogens with two attached hydrogens (primary N) is 1. The van der Waals surface area contributed by atoms with E-state index in [1.165, 1.54) is 4.90 Å². The van der Waals surface area contributed by atoms with Crippen molar-refractivity contribution in [3.05, 3.63) is 39.9 Å². The topological polar surface area (TPSA) is 174 Å². The van der Waals surface area contributed by atoms with E-state index in [0.717, 1.165) is 12.8 Å². The van der Waals surface area contributed by atoms with Crippen LogP contribution in [-0.2, 0) is 27.2 Å². The van der Waals surface area contributed by atoms with Gasteiger partial charge in [-0.3, -0.25) is 24.3 Å². The van der Waals surface area contributed by atoms with Gasteiger partial charge in [0.25, 0.3) is 5.91 Å². The molecule has 0 unspecified atom stereocenters. The van der Waals surface area contributed by atoms with Crippen molar-refractivity contribution >= 4 is 23.2 Å². The number of Topliss-reactive ketones (excluding diaryl/α,β-unsaturated/α-hetero) is 2. The molecule has 0 aromatic carbocycles. The summed E-state index contributed by atoms with van der Waals surface area (Å²) >= 11 is 0. The van der Waals surface area contributed by atoms with Crippen LogP contribution in [0.1, 0.15) is 49.9 Å². The van der Waals surface area contributed by atoms with Crippen molar-refractivity contribution in [2.75, 3.05) is 14.1 Å². The fourth-order valence-corrected chi connectivity index (χ4v) is 6.01. The fourth-order valence-electron chi connectivity index (χ4n) is 6.01. The monoisotopic (exact) mass is 499 g/mol. The van der Waals surface area contributed by atoms with Gasteiger partial charge in [-0.2, -0.15) is 0 Å². The molecule has 0 radical (unpaired) electrons. The lowest BCUT2D eigenvalue weighted by Crippen LogP contribution is -2.65. The van der Waals surface area contributed by atoms with E-state index in [9.17, 15) is 34.8 Å². The third-order valence-electron chi connectivity index (χ3n) is 7.73. The average Bonchev–Trinajstić information content (AvgIpc) is 2.77. The molecule has 0 aliphatic heterocycles. The molecule has 1 saturated carbocycles. The molecule has 1 aromatic rings. The summed E-state index contributed by atoms with van der Waals surface area (Å²) in [5.74, 6) is -6.05. The summed E-state index contributed by atoms with van der Waals surface area (Å²) in [6.45, 7) is 4.19. The number of pyridine rings is 1. The van der Waals surface area contributed by atoms with E-state index in [1.807, 2.05) is 0 Å². The van der Waals surface area contributed by atoms with E-state index >= 15 is 0 Å². The number of hydrogen-bond acceptors (Lipinski definition) is 9. The number of aliphatic hydroxyl groups excluding tert-OH is 2. The van der Waals surface area contributed by atoms with Crippen LogP contribution in [0.3, 0.4) is 0 Å². The minimum Gasteiger partial charge on any atom is -0.508 e. The van der Waals surface area contributed by atoms with Gasteiger partial charge in [0, 0.05) is 17.7 Å².